The van der Waals surface area contributed by atoms with Crippen LogP contribution in [0.25, 0.3) is 11.2 Å². The highest BCUT2D eigenvalue weighted by molar-refractivity contribution is 5.77. The van der Waals surface area contributed by atoms with Gasteiger partial charge in [-0.1, -0.05) is 26.8 Å². The molecule has 1 aromatic carbocycles. The van der Waals surface area contributed by atoms with Crippen LogP contribution in [0.4, 0.5) is 11.6 Å². The van der Waals surface area contributed by atoms with Gasteiger partial charge < -0.3 is 9.47 Å². The summed E-state index contributed by atoms with van der Waals surface area (Å²) in [6, 6.07) is 6.38. The minimum Gasteiger partial charge on any atom is -0.312 e. The molecule has 0 radical (unpaired) electrons. The Kier molecular flexibility index (Phi) is 5.08. The molecule has 0 bridgehead atoms. The van der Waals surface area contributed by atoms with E-state index in [2.05, 4.69) is 57.7 Å². The van der Waals surface area contributed by atoms with Crippen molar-refractivity contribution in [3.63, 3.8) is 0 Å². The molecule has 3 heterocycles. The first-order valence-corrected chi connectivity index (χ1v) is 10.7. The molecule has 1 aliphatic rings. The highest BCUT2D eigenvalue weighted by Gasteiger charge is 2.30. The number of nitrogens with zero attached hydrogens (tertiary/aromatic N) is 5. The molecular formula is C23H31N5O2. The molecular weight excluding hydrogens is 378 g/mol. The summed E-state index contributed by atoms with van der Waals surface area (Å²) in [5, 5.41) is 0. The van der Waals surface area contributed by atoms with Crippen molar-refractivity contribution in [3.8, 4) is 0 Å². The second-order valence-electron chi connectivity index (χ2n) is 9.16. The third-order valence-corrected chi connectivity index (χ3v) is 6.17. The van der Waals surface area contributed by atoms with Crippen LogP contribution >= 0.6 is 0 Å². The van der Waals surface area contributed by atoms with Gasteiger partial charge in [0.1, 0.15) is 0 Å². The van der Waals surface area contributed by atoms with E-state index in [-0.39, 0.29) is 11.2 Å². The van der Waals surface area contributed by atoms with E-state index in [1.54, 1.807) is 7.05 Å². The lowest BCUT2D eigenvalue weighted by molar-refractivity contribution is 0.455. The van der Waals surface area contributed by atoms with Crippen molar-refractivity contribution in [2.24, 2.45) is 18.9 Å². The van der Waals surface area contributed by atoms with E-state index in [4.69, 9.17) is 4.98 Å². The zero-order valence-electron chi connectivity index (χ0n) is 18.8. The Hall–Kier alpha value is -2.83. The summed E-state index contributed by atoms with van der Waals surface area (Å²) in [5.41, 5.74) is 3.98. The number of imidazole rings is 1. The van der Waals surface area contributed by atoms with Crippen LogP contribution in [0.2, 0.25) is 0 Å². The van der Waals surface area contributed by atoms with Gasteiger partial charge in [0.05, 0.1) is 0 Å². The maximum Gasteiger partial charge on any atom is 0.332 e. The number of anilines is 2. The number of hydrogen-bond donors (Lipinski definition) is 0. The maximum absolute atomic E-state index is 13.4. The minimum atomic E-state index is -0.297. The summed E-state index contributed by atoms with van der Waals surface area (Å²) in [5.74, 6) is 1.49. The molecule has 7 nitrogen and oxygen atoms in total. The fraction of sp³-hybridized carbons (Fsp3) is 0.522. The number of fused-ring (bicyclic) bond motifs is 3. The lowest BCUT2D eigenvalue weighted by atomic mass is 10.1. The molecule has 0 spiro atoms. The highest BCUT2D eigenvalue weighted by atomic mass is 16.2. The van der Waals surface area contributed by atoms with Gasteiger partial charge >= 0.3 is 5.69 Å². The second-order valence-corrected chi connectivity index (χ2v) is 9.16. The molecule has 1 aliphatic heterocycles. The second kappa shape index (κ2) is 7.45. The molecule has 1 unspecified atom stereocenters. The average molecular weight is 410 g/mol. The first-order valence-electron chi connectivity index (χ1n) is 10.7. The SMILES string of the molecule is Cc1ccc(N2CC(C)Cn3c2nc2c3c(=O)n(CCC(C)C)c(=O)n2C)cc1C. The standard InChI is InChI=1S/C23H31N5O2/c1-14(2)9-10-26-21(29)19-20(25(6)23(26)30)24-22-27(12-15(3)13-28(19)22)18-8-7-16(4)17(5)11-18/h7-8,11,14-15H,9-10,12-13H2,1-6H3. The molecule has 0 saturated heterocycles. The molecule has 2 aromatic heterocycles. The van der Waals surface area contributed by atoms with Crippen LogP contribution in [0.1, 0.15) is 38.3 Å². The summed E-state index contributed by atoms with van der Waals surface area (Å²) < 4.78 is 4.90. The molecule has 30 heavy (non-hydrogen) atoms. The number of aryl methyl sites for hydroxylation is 3. The zero-order valence-corrected chi connectivity index (χ0v) is 18.8. The molecule has 160 valence electrons. The first kappa shape index (κ1) is 20.4. The summed E-state index contributed by atoms with van der Waals surface area (Å²) in [7, 11) is 1.71. The number of rotatable bonds is 4. The van der Waals surface area contributed by atoms with Gasteiger partial charge in [-0.05, 0) is 55.4 Å². The van der Waals surface area contributed by atoms with Crippen LogP contribution in [0.3, 0.4) is 0 Å². The van der Waals surface area contributed by atoms with Crippen LogP contribution in [0.5, 0.6) is 0 Å². The van der Waals surface area contributed by atoms with Crippen LogP contribution in [-0.4, -0.2) is 25.2 Å². The summed E-state index contributed by atoms with van der Waals surface area (Å²) >= 11 is 0. The first-order chi connectivity index (χ1) is 14.2. The van der Waals surface area contributed by atoms with Crippen molar-refractivity contribution >= 4 is 22.8 Å². The van der Waals surface area contributed by atoms with Crippen LogP contribution in [0, 0.1) is 25.7 Å². The fourth-order valence-electron chi connectivity index (χ4n) is 4.20. The Morgan fingerprint density at radius 1 is 1.13 bits per heavy atom. The van der Waals surface area contributed by atoms with E-state index in [0.717, 1.165) is 24.6 Å². The Bertz CT molecular complexity index is 1230. The fourth-order valence-corrected chi connectivity index (χ4v) is 4.20. The molecule has 0 amide bonds. The largest absolute Gasteiger partial charge is 0.332 e. The van der Waals surface area contributed by atoms with Crippen molar-refractivity contribution in [1.82, 2.24) is 18.7 Å². The lowest BCUT2D eigenvalue weighted by Gasteiger charge is -2.33. The van der Waals surface area contributed by atoms with Crippen molar-refractivity contribution in [3.05, 3.63) is 50.2 Å². The van der Waals surface area contributed by atoms with E-state index in [1.807, 2.05) is 4.57 Å². The zero-order chi connectivity index (χ0) is 21.7. The van der Waals surface area contributed by atoms with Gasteiger partial charge in [0, 0.05) is 32.4 Å². The smallest absolute Gasteiger partial charge is 0.312 e. The van der Waals surface area contributed by atoms with E-state index in [0.29, 0.717) is 36.1 Å². The molecule has 4 rings (SSSR count). The molecule has 7 heteroatoms. The number of aromatic nitrogens is 4. The van der Waals surface area contributed by atoms with Crippen molar-refractivity contribution in [2.75, 3.05) is 11.4 Å². The summed E-state index contributed by atoms with van der Waals surface area (Å²) in [4.78, 5) is 33.2. The maximum atomic E-state index is 13.4. The monoisotopic (exact) mass is 409 g/mol. The molecule has 0 fully saturated rings. The number of hydrogen-bond acceptors (Lipinski definition) is 4. The Morgan fingerprint density at radius 2 is 1.87 bits per heavy atom. The normalized spacial score (nSPS) is 16.5. The van der Waals surface area contributed by atoms with E-state index < -0.39 is 0 Å². The van der Waals surface area contributed by atoms with E-state index in [9.17, 15) is 9.59 Å². The van der Waals surface area contributed by atoms with Gasteiger partial charge in [-0.25, -0.2) is 4.79 Å². The van der Waals surface area contributed by atoms with Gasteiger partial charge in [-0.3, -0.25) is 13.9 Å². The molecule has 3 aromatic rings. The average Bonchev–Trinajstić information content (AvgIpc) is 3.07. The summed E-state index contributed by atoms with van der Waals surface area (Å²) in [6.07, 6.45) is 0.785. The van der Waals surface area contributed by atoms with Crippen molar-refractivity contribution in [2.45, 2.75) is 54.1 Å². The van der Waals surface area contributed by atoms with Crippen LogP contribution < -0.4 is 16.1 Å². The van der Waals surface area contributed by atoms with Gasteiger partial charge in [-0.15, -0.1) is 0 Å². The third kappa shape index (κ3) is 3.26. The van der Waals surface area contributed by atoms with Gasteiger partial charge in [-0.2, -0.15) is 4.98 Å². The van der Waals surface area contributed by atoms with Crippen molar-refractivity contribution < 1.29 is 0 Å². The van der Waals surface area contributed by atoms with Crippen molar-refractivity contribution in [1.29, 1.82) is 0 Å². The molecule has 0 N–H and O–H groups in total. The minimum absolute atomic E-state index is 0.235. The molecule has 0 saturated carbocycles. The molecule has 0 aliphatic carbocycles. The predicted octanol–water partition coefficient (Wildman–Crippen LogP) is 3.35. The predicted molar refractivity (Wildman–Crippen MR) is 121 cm³/mol. The Balaban J connectivity index is 1.94. The van der Waals surface area contributed by atoms with Crippen LogP contribution in [-0.2, 0) is 20.1 Å². The van der Waals surface area contributed by atoms with E-state index >= 15 is 0 Å². The van der Waals surface area contributed by atoms with Crippen LogP contribution in [0.15, 0.2) is 27.8 Å². The Labute approximate surface area is 176 Å². The quantitative estimate of drug-likeness (QED) is 0.663. The lowest BCUT2D eigenvalue weighted by Crippen LogP contribution is -2.40. The molecule has 1 atom stereocenters. The third-order valence-electron chi connectivity index (χ3n) is 6.17. The Morgan fingerprint density at radius 3 is 2.53 bits per heavy atom. The van der Waals surface area contributed by atoms with Gasteiger partial charge in [0.2, 0.25) is 5.95 Å². The topological polar surface area (TPSA) is 65.1 Å². The highest BCUT2D eigenvalue weighted by Crippen LogP contribution is 2.33. The number of benzene rings is 1. The van der Waals surface area contributed by atoms with Gasteiger partial charge in [0.15, 0.2) is 11.2 Å². The van der Waals surface area contributed by atoms with E-state index in [1.165, 1.54) is 20.3 Å². The van der Waals surface area contributed by atoms with Gasteiger partial charge in [0.25, 0.3) is 5.56 Å². The summed E-state index contributed by atoms with van der Waals surface area (Å²) in [6.45, 7) is 12.5.